The van der Waals surface area contributed by atoms with E-state index in [9.17, 15) is 9.59 Å². The number of carbonyl (C=O) groups excluding carboxylic acids is 2. The summed E-state index contributed by atoms with van der Waals surface area (Å²) in [6, 6.07) is 7.59. The van der Waals surface area contributed by atoms with Gasteiger partial charge in [0.25, 0.3) is 0 Å². The van der Waals surface area contributed by atoms with Crippen LogP contribution in [0.5, 0.6) is 5.75 Å². The molecule has 1 aromatic heterocycles. The fourth-order valence-electron chi connectivity index (χ4n) is 3.01. The number of nitrogens with one attached hydrogen (secondary N) is 2. The number of aromatic amines is 1. The number of aryl methyl sites for hydroxylation is 2. The van der Waals surface area contributed by atoms with Crippen molar-refractivity contribution >= 4 is 17.5 Å². The largest absolute Gasteiger partial charge is 0.497 e. The van der Waals surface area contributed by atoms with E-state index in [0.29, 0.717) is 18.8 Å². The minimum atomic E-state index is -0.348. The Balaban J connectivity index is 1.62. The molecule has 1 aromatic carbocycles. The number of carbonyl (C=O) groups is 2. The molecule has 1 saturated heterocycles. The van der Waals surface area contributed by atoms with Gasteiger partial charge in [-0.1, -0.05) is 12.1 Å². The van der Waals surface area contributed by atoms with Gasteiger partial charge in [-0.2, -0.15) is 5.10 Å². The molecule has 1 fully saturated rings. The number of hydrogen-bond acceptors (Lipinski definition) is 4. The third-order valence-corrected chi connectivity index (χ3v) is 4.49. The summed E-state index contributed by atoms with van der Waals surface area (Å²) in [4.78, 5) is 26.5. The second-order valence-corrected chi connectivity index (χ2v) is 6.32. The van der Waals surface area contributed by atoms with Crippen molar-refractivity contribution in [2.45, 2.75) is 26.8 Å². The molecule has 0 radical (unpaired) electrons. The maximum Gasteiger partial charge on any atom is 0.229 e. The van der Waals surface area contributed by atoms with Gasteiger partial charge in [-0.25, -0.2) is 0 Å². The van der Waals surface area contributed by atoms with E-state index in [0.717, 1.165) is 22.7 Å². The maximum atomic E-state index is 12.5. The molecule has 0 saturated carbocycles. The molecule has 3 rings (SSSR count). The number of anilines is 1. The molecule has 2 aromatic rings. The van der Waals surface area contributed by atoms with Gasteiger partial charge in [0, 0.05) is 19.5 Å². The average Bonchev–Trinajstić information content (AvgIpc) is 3.12. The van der Waals surface area contributed by atoms with E-state index in [1.54, 1.807) is 12.0 Å². The predicted octanol–water partition coefficient (Wildman–Crippen LogP) is 2.02. The van der Waals surface area contributed by atoms with Gasteiger partial charge < -0.3 is 15.0 Å². The van der Waals surface area contributed by atoms with E-state index < -0.39 is 0 Å². The van der Waals surface area contributed by atoms with E-state index in [1.165, 1.54) is 0 Å². The lowest BCUT2D eigenvalue weighted by Crippen LogP contribution is -2.28. The Hall–Kier alpha value is -2.83. The van der Waals surface area contributed by atoms with Crippen LogP contribution < -0.4 is 10.1 Å². The molecule has 0 spiro atoms. The molecule has 7 heteroatoms. The number of nitrogens with zero attached hydrogens (tertiary/aromatic N) is 2. The van der Waals surface area contributed by atoms with E-state index in [2.05, 4.69) is 15.5 Å². The molecule has 2 N–H and O–H groups in total. The lowest BCUT2D eigenvalue weighted by atomic mass is 10.1. The van der Waals surface area contributed by atoms with Crippen LogP contribution >= 0.6 is 0 Å². The summed E-state index contributed by atoms with van der Waals surface area (Å²) < 4.78 is 5.14. The topological polar surface area (TPSA) is 87.3 Å². The SMILES string of the molecule is COc1ccc(CN2CC(C(=O)Nc3c(C)n[nH]c3C)CC2=O)cc1. The summed E-state index contributed by atoms with van der Waals surface area (Å²) in [6.07, 6.45) is 0.234. The van der Waals surface area contributed by atoms with Gasteiger partial charge in [0.1, 0.15) is 5.75 Å². The third kappa shape index (κ3) is 3.65. The Morgan fingerprint density at radius 1 is 1.36 bits per heavy atom. The van der Waals surface area contributed by atoms with Gasteiger partial charge in [-0.3, -0.25) is 14.7 Å². The van der Waals surface area contributed by atoms with Crippen molar-refractivity contribution in [3.05, 3.63) is 41.2 Å². The van der Waals surface area contributed by atoms with Gasteiger partial charge in [-0.05, 0) is 31.5 Å². The molecule has 1 aliphatic heterocycles. The van der Waals surface area contributed by atoms with Crippen molar-refractivity contribution in [1.82, 2.24) is 15.1 Å². The molecule has 1 aliphatic rings. The van der Waals surface area contributed by atoms with Crippen LogP contribution in [-0.2, 0) is 16.1 Å². The van der Waals surface area contributed by atoms with Crippen molar-refractivity contribution in [1.29, 1.82) is 0 Å². The average molecular weight is 342 g/mol. The minimum Gasteiger partial charge on any atom is -0.497 e. The van der Waals surface area contributed by atoms with Crippen LogP contribution in [0.2, 0.25) is 0 Å². The highest BCUT2D eigenvalue weighted by molar-refractivity contribution is 5.97. The monoisotopic (exact) mass is 342 g/mol. The van der Waals surface area contributed by atoms with Crippen LogP contribution in [0.1, 0.15) is 23.4 Å². The van der Waals surface area contributed by atoms with Crippen molar-refractivity contribution in [2.75, 3.05) is 19.0 Å². The summed E-state index contributed by atoms with van der Waals surface area (Å²) in [5.41, 5.74) is 3.26. The molecule has 2 amide bonds. The third-order valence-electron chi connectivity index (χ3n) is 4.49. The van der Waals surface area contributed by atoms with E-state index in [1.807, 2.05) is 38.1 Å². The minimum absolute atomic E-state index is 0.00314. The van der Waals surface area contributed by atoms with Gasteiger partial charge >= 0.3 is 0 Å². The molecular weight excluding hydrogens is 320 g/mol. The number of amides is 2. The first-order chi connectivity index (χ1) is 12.0. The Morgan fingerprint density at radius 2 is 2.08 bits per heavy atom. The molecular formula is C18H22N4O3. The molecule has 7 nitrogen and oxygen atoms in total. The number of likely N-dealkylation sites (tertiary alicyclic amines) is 1. The smallest absolute Gasteiger partial charge is 0.229 e. The Bertz CT molecular complexity index is 763. The molecule has 25 heavy (non-hydrogen) atoms. The Labute approximate surface area is 146 Å². The zero-order valence-corrected chi connectivity index (χ0v) is 14.6. The lowest BCUT2D eigenvalue weighted by Gasteiger charge is -2.17. The van der Waals surface area contributed by atoms with E-state index in [4.69, 9.17) is 4.74 Å². The maximum absolute atomic E-state index is 12.5. The van der Waals surface area contributed by atoms with Crippen LogP contribution in [0.3, 0.4) is 0 Å². The normalized spacial score (nSPS) is 17.0. The van der Waals surface area contributed by atoms with Crippen molar-refractivity contribution in [3.63, 3.8) is 0 Å². The zero-order valence-electron chi connectivity index (χ0n) is 14.6. The van der Waals surface area contributed by atoms with Crippen molar-refractivity contribution < 1.29 is 14.3 Å². The van der Waals surface area contributed by atoms with Crippen LogP contribution in [0, 0.1) is 19.8 Å². The fraction of sp³-hybridized carbons (Fsp3) is 0.389. The van der Waals surface area contributed by atoms with Gasteiger partial charge in [0.05, 0.1) is 30.1 Å². The zero-order chi connectivity index (χ0) is 18.0. The predicted molar refractivity (Wildman–Crippen MR) is 93.2 cm³/mol. The molecule has 1 atom stereocenters. The standard InChI is InChI=1S/C18H22N4O3/c1-11-17(12(2)21-20-11)19-18(24)14-8-16(23)22(10-14)9-13-4-6-15(25-3)7-5-13/h4-7,14H,8-10H2,1-3H3,(H,19,24)(H,20,21). The number of H-pyrrole nitrogens is 1. The number of rotatable bonds is 5. The molecule has 1 unspecified atom stereocenters. The number of hydrogen-bond donors (Lipinski definition) is 2. The highest BCUT2D eigenvalue weighted by Gasteiger charge is 2.34. The Morgan fingerprint density at radius 3 is 2.68 bits per heavy atom. The number of ether oxygens (including phenoxy) is 1. The first-order valence-electron chi connectivity index (χ1n) is 8.21. The second-order valence-electron chi connectivity index (χ2n) is 6.32. The van der Waals surface area contributed by atoms with Crippen LogP contribution in [0.4, 0.5) is 5.69 Å². The van der Waals surface area contributed by atoms with Crippen molar-refractivity contribution in [3.8, 4) is 5.75 Å². The highest BCUT2D eigenvalue weighted by atomic mass is 16.5. The quantitative estimate of drug-likeness (QED) is 0.870. The second kappa shape index (κ2) is 6.96. The van der Waals surface area contributed by atoms with Crippen LogP contribution in [0.15, 0.2) is 24.3 Å². The fourth-order valence-corrected chi connectivity index (χ4v) is 3.01. The number of benzene rings is 1. The number of methoxy groups -OCH3 is 1. The molecule has 132 valence electrons. The molecule has 0 aliphatic carbocycles. The van der Waals surface area contributed by atoms with Gasteiger partial charge in [0.2, 0.25) is 11.8 Å². The van der Waals surface area contributed by atoms with Gasteiger partial charge in [0.15, 0.2) is 0 Å². The molecule has 2 heterocycles. The van der Waals surface area contributed by atoms with Crippen LogP contribution in [-0.4, -0.2) is 40.6 Å². The summed E-state index contributed by atoms with van der Waals surface area (Å²) >= 11 is 0. The molecule has 0 bridgehead atoms. The highest BCUT2D eigenvalue weighted by Crippen LogP contribution is 2.24. The van der Waals surface area contributed by atoms with Crippen LogP contribution in [0.25, 0.3) is 0 Å². The first-order valence-corrected chi connectivity index (χ1v) is 8.21. The van der Waals surface area contributed by atoms with Gasteiger partial charge in [-0.15, -0.1) is 0 Å². The summed E-state index contributed by atoms with van der Waals surface area (Å²) in [5.74, 6) is 0.286. The van der Waals surface area contributed by atoms with Crippen molar-refractivity contribution in [2.24, 2.45) is 5.92 Å². The first kappa shape index (κ1) is 17.0. The summed E-state index contributed by atoms with van der Waals surface area (Å²) in [7, 11) is 1.62. The lowest BCUT2D eigenvalue weighted by molar-refractivity contribution is -0.128. The Kier molecular flexibility index (Phi) is 4.74. The number of aromatic nitrogens is 2. The summed E-state index contributed by atoms with van der Waals surface area (Å²) in [5, 5.41) is 9.80. The van der Waals surface area contributed by atoms with E-state index in [-0.39, 0.29) is 24.2 Å². The van der Waals surface area contributed by atoms with E-state index >= 15 is 0 Å². The summed E-state index contributed by atoms with van der Waals surface area (Å²) in [6.45, 7) is 4.60.